The minimum atomic E-state index is -4.14. The second-order valence-electron chi connectivity index (χ2n) is 4.64. The molecule has 8 heteroatoms. The van der Waals surface area contributed by atoms with Crippen molar-refractivity contribution in [3.63, 3.8) is 0 Å². The number of hydrogen-bond acceptors (Lipinski definition) is 1. The second-order valence-corrected chi connectivity index (χ2v) is 5.76. The Balaban J connectivity index is 2.19. The fourth-order valence-electron chi connectivity index (χ4n) is 2.12. The van der Waals surface area contributed by atoms with Crippen molar-refractivity contribution in [1.82, 2.24) is 9.55 Å². The molecule has 0 aliphatic rings. The van der Waals surface area contributed by atoms with E-state index in [9.17, 15) is 17.6 Å². The quantitative estimate of drug-likeness (QED) is 0.381. The van der Waals surface area contributed by atoms with E-state index in [0.717, 1.165) is 0 Å². The van der Waals surface area contributed by atoms with Crippen LogP contribution in [0, 0.1) is 5.82 Å². The van der Waals surface area contributed by atoms with Crippen LogP contribution >= 0.6 is 27.5 Å². The van der Waals surface area contributed by atoms with Crippen LogP contribution in [0.25, 0.3) is 11.0 Å². The van der Waals surface area contributed by atoms with Gasteiger partial charge in [0.2, 0.25) is 0 Å². The van der Waals surface area contributed by atoms with Crippen molar-refractivity contribution in [2.24, 2.45) is 0 Å². The lowest BCUT2D eigenvalue weighted by molar-refractivity contribution is -0.135. The number of unbranched alkanes of at least 4 members (excludes halogenated alkanes) is 1. The van der Waals surface area contributed by atoms with Gasteiger partial charge in [0.25, 0.3) is 0 Å². The van der Waals surface area contributed by atoms with Crippen molar-refractivity contribution in [1.29, 1.82) is 0 Å². The molecule has 21 heavy (non-hydrogen) atoms. The van der Waals surface area contributed by atoms with E-state index in [2.05, 4.69) is 20.9 Å². The Labute approximate surface area is 132 Å². The van der Waals surface area contributed by atoms with E-state index >= 15 is 0 Å². The fraction of sp³-hybridized carbons (Fsp3) is 0.462. The van der Waals surface area contributed by atoms with E-state index < -0.39 is 18.4 Å². The van der Waals surface area contributed by atoms with Crippen molar-refractivity contribution >= 4 is 38.6 Å². The highest BCUT2D eigenvalue weighted by atomic mass is 79.9. The summed E-state index contributed by atoms with van der Waals surface area (Å²) >= 11 is 8.89. The lowest BCUT2D eigenvalue weighted by atomic mass is 10.2. The van der Waals surface area contributed by atoms with Crippen LogP contribution in [0.4, 0.5) is 17.6 Å². The Kier molecular flexibility index (Phi) is 5.14. The number of benzene rings is 1. The molecule has 2 nitrogen and oxygen atoms in total. The Morgan fingerprint density at radius 2 is 1.95 bits per heavy atom. The highest BCUT2D eigenvalue weighted by Gasteiger charge is 2.26. The molecular weight excluding hydrogens is 376 g/mol. The summed E-state index contributed by atoms with van der Waals surface area (Å²) in [5.41, 5.74) is 1.10. The molecule has 1 heterocycles. The Morgan fingerprint density at radius 3 is 2.57 bits per heavy atom. The Morgan fingerprint density at radius 1 is 1.24 bits per heavy atom. The van der Waals surface area contributed by atoms with Crippen molar-refractivity contribution in [2.75, 3.05) is 0 Å². The standard InChI is InChI=1S/C13H12BrClF4N2/c14-8-5-11-10(6-9(8)16)20-12(7-15)21(11)4-2-1-3-13(17,18)19/h5-6H,1-4,7H2. The minimum absolute atomic E-state index is 0.0350. The number of aromatic nitrogens is 2. The number of alkyl halides is 4. The van der Waals surface area contributed by atoms with Gasteiger partial charge in [0.05, 0.1) is 21.4 Å². The second kappa shape index (κ2) is 6.52. The molecule has 116 valence electrons. The molecule has 0 N–H and O–H groups in total. The van der Waals surface area contributed by atoms with Crippen LogP contribution in [-0.2, 0) is 12.4 Å². The van der Waals surface area contributed by atoms with Gasteiger partial charge in [0.1, 0.15) is 11.6 Å². The van der Waals surface area contributed by atoms with Gasteiger partial charge < -0.3 is 4.57 Å². The smallest absolute Gasteiger partial charge is 0.327 e. The molecule has 0 amide bonds. The van der Waals surface area contributed by atoms with Crippen molar-refractivity contribution in [3.05, 3.63) is 28.2 Å². The zero-order valence-corrected chi connectivity index (χ0v) is 13.2. The molecule has 0 aliphatic carbocycles. The first-order valence-corrected chi connectivity index (χ1v) is 7.61. The number of hydrogen-bond donors (Lipinski definition) is 0. The third-order valence-corrected chi connectivity index (χ3v) is 3.93. The van der Waals surface area contributed by atoms with Crippen molar-refractivity contribution in [2.45, 2.75) is 37.9 Å². The van der Waals surface area contributed by atoms with Gasteiger partial charge in [-0.15, -0.1) is 11.6 Å². The molecule has 0 bridgehead atoms. The van der Waals surface area contributed by atoms with Gasteiger partial charge in [-0.1, -0.05) is 0 Å². The summed E-state index contributed by atoms with van der Waals surface area (Å²) in [5.74, 6) is 0.203. The summed E-state index contributed by atoms with van der Waals surface area (Å²) in [7, 11) is 0. The molecule has 0 radical (unpaired) electrons. The van der Waals surface area contributed by atoms with Gasteiger partial charge in [-0.2, -0.15) is 13.2 Å². The maximum atomic E-state index is 13.5. The average molecular weight is 388 g/mol. The molecule has 0 spiro atoms. The summed E-state index contributed by atoms with van der Waals surface area (Å²) in [6.45, 7) is 0.368. The molecule has 1 aromatic carbocycles. The van der Waals surface area contributed by atoms with Gasteiger partial charge in [-0.3, -0.25) is 0 Å². The highest BCUT2D eigenvalue weighted by molar-refractivity contribution is 9.10. The Hall–Kier alpha value is -0.820. The molecule has 0 unspecified atom stereocenters. The fourth-order valence-corrected chi connectivity index (χ4v) is 2.65. The van der Waals surface area contributed by atoms with E-state index in [1.807, 2.05) is 0 Å². The molecule has 0 aliphatic heterocycles. The summed E-state index contributed by atoms with van der Waals surface area (Å²) in [4.78, 5) is 4.21. The van der Waals surface area contributed by atoms with Crippen LogP contribution < -0.4 is 0 Å². The minimum Gasteiger partial charge on any atom is -0.327 e. The lowest BCUT2D eigenvalue weighted by Gasteiger charge is -2.09. The van der Waals surface area contributed by atoms with Gasteiger partial charge >= 0.3 is 6.18 Å². The van der Waals surface area contributed by atoms with E-state index in [4.69, 9.17) is 11.6 Å². The third-order valence-electron chi connectivity index (χ3n) is 3.08. The van der Waals surface area contributed by atoms with Crippen LogP contribution in [0.5, 0.6) is 0 Å². The number of fused-ring (bicyclic) bond motifs is 1. The zero-order valence-electron chi connectivity index (χ0n) is 10.9. The average Bonchev–Trinajstić information content (AvgIpc) is 2.71. The molecule has 0 saturated carbocycles. The highest BCUT2D eigenvalue weighted by Crippen LogP contribution is 2.26. The number of nitrogens with zero attached hydrogens (tertiary/aromatic N) is 2. The molecule has 0 fully saturated rings. The summed E-state index contributed by atoms with van der Waals surface area (Å²) < 4.78 is 51.9. The summed E-state index contributed by atoms with van der Waals surface area (Å²) in [6.07, 6.45) is -4.57. The maximum absolute atomic E-state index is 13.5. The van der Waals surface area contributed by atoms with Gasteiger partial charge in [-0.05, 0) is 34.8 Å². The molecular formula is C13H12BrClF4N2. The van der Waals surface area contributed by atoms with Crippen molar-refractivity contribution < 1.29 is 17.6 Å². The molecule has 0 saturated heterocycles. The van der Waals surface area contributed by atoms with Gasteiger partial charge in [0, 0.05) is 19.0 Å². The van der Waals surface area contributed by atoms with E-state index in [-0.39, 0.29) is 16.8 Å². The lowest BCUT2D eigenvalue weighted by Crippen LogP contribution is -2.08. The first-order valence-electron chi connectivity index (χ1n) is 6.28. The largest absolute Gasteiger partial charge is 0.389 e. The topological polar surface area (TPSA) is 17.8 Å². The van der Waals surface area contributed by atoms with Crippen LogP contribution in [0.1, 0.15) is 25.1 Å². The van der Waals surface area contributed by atoms with Crippen LogP contribution in [0.15, 0.2) is 16.6 Å². The van der Waals surface area contributed by atoms with Gasteiger partial charge in [-0.25, -0.2) is 9.37 Å². The summed E-state index contributed by atoms with van der Waals surface area (Å²) in [6, 6.07) is 2.85. The van der Waals surface area contributed by atoms with Gasteiger partial charge in [0.15, 0.2) is 0 Å². The number of imidazole rings is 1. The van der Waals surface area contributed by atoms with Crippen molar-refractivity contribution in [3.8, 4) is 0 Å². The third kappa shape index (κ3) is 4.10. The SMILES string of the molecule is Fc1cc2nc(CCl)n(CCCCC(F)(F)F)c2cc1Br. The first-order chi connectivity index (χ1) is 9.81. The van der Waals surface area contributed by atoms with Crippen LogP contribution in [0.2, 0.25) is 0 Å². The number of aryl methyl sites for hydroxylation is 1. The van der Waals surface area contributed by atoms with E-state index in [0.29, 0.717) is 29.8 Å². The van der Waals surface area contributed by atoms with E-state index in [1.54, 1.807) is 10.6 Å². The maximum Gasteiger partial charge on any atom is 0.389 e. The molecule has 2 aromatic rings. The summed E-state index contributed by atoms with van der Waals surface area (Å²) in [5, 5.41) is 0. The normalized spacial score (nSPS) is 12.3. The van der Waals surface area contributed by atoms with Crippen LogP contribution in [0.3, 0.4) is 0 Å². The number of halogens is 6. The molecule has 0 atom stereocenters. The monoisotopic (exact) mass is 386 g/mol. The molecule has 2 rings (SSSR count). The first kappa shape index (κ1) is 16.5. The van der Waals surface area contributed by atoms with Crippen LogP contribution in [-0.4, -0.2) is 15.7 Å². The molecule has 1 aromatic heterocycles. The zero-order chi connectivity index (χ0) is 15.6. The van der Waals surface area contributed by atoms with E-state index in [1.165, 1.54) is 6.07 Å². The predicted molar refractivity (Wildman–Crippen MR) is 76.9 cm³/mol. The number of rotatable bonds is 5. The Bertz CT molecular complexity index is 639. The predicted octanol–water partition coefficient (Wildman–Crippen LogP) is 5.41.